The van der Waals surface area contributed by atoms with Gasteiger partial charge in [-0.05, 0) is 112 Å². The van der Waals surface area contributed by atoms with Crippen LogP contribution in [0, 0.1) is 27.7 Å². The molecule has 2 N–H and O–H groups in total. The zero-order valence-electron chi connectivity index (χ0n) is 19.5. The molecule has 5 rings (SSSR count). The minimum atomic E-state index is 0.363. The molecule has 0 unspecified atom stereocenters. The van der Waals surface area contributed by atoms with Crippen molar-refractivity contribution in [3.63, 3.8) is 0 Å². The predicted molar refractivity (Wildman–Crippen MR) is 138 cm³/mol. The second-order valence-electron chi connectivity index (χ2n) is 9.16. The summed E-state index contributed by atoms with van der Waals surface area (Å²) in [5, 5.41) is 25.5. The number of hydrogen-bond donors (Lipinski definition) is 2. The molecule has 0 saturated heterocycles. The number of phenolic OH excluding ortho intramolecular Hbond substituents is 2. The monoisotopic (exact) mass is 432 g/mol. The van der Waals surface area contributed by atoms with Gasteiger partial charge in [-0.2, -0.15) is 0 Å². The first-order valence-electron chi connectivity index (χ1n) is 11.4. The number of fused-ring (bicyclic) bond motifs is 2. The fraction of sp³-hybridized carbons (Fsp3) is 0.161. The molecule has 0 aliphatic heterocycles. The molecule has 0 bridgehead atoms. The highest BCUT2D eigenvalue weighted by Crippen LogP contribution is 2.42. The standard InChI is InChI=1S/C31H28O2/c1-18-13-22(14-19(2)30(18)32)17-28-24-9-5-7-11-26(24)29(27-12-8-6-10-25(27)28)23-15-20(3)31(33)21(4)16-23/h5-16,32-33H,17H2,1-4H3. The number of phenols is 2. The van der Waals surface area contributed by atoms with E-state index >= 15 is 0 Å². The van der Waals surface area contributed by atoms with Crippen molar-refractivity contribution in [3.8, 4) is 22.6 Å². The second-order valence-corrected chi connectivity index (χ2v) is 9.16. The fourth-order valence-corrected chi connectivity index (χ4v) is 5.17. The Bertz CT molecular complexity index is 1440. The zero-order chi connectivity index (χ0) is 23.3. The third-order valence-electron chi connectivity index (χ3n) is 6.75. The molecule has 0 amide bonds. The van der Waals surface area contributed by atoms with Crippen molar-refractivity contribution in [2.45, 2.75) is 34.1 Å². The van der Waals surface area contributed by atoms with Crippen LogP contribution < -0.4 is 0 Å². The highest BCUT2D eigenvalue weighted by Gasteiger charge is 2.17. The molecule has 0 heterocycles. The van der Waals surface area contributed by atoms with Crippen LogP contribution in [-0.2, 0) is 6.42 Å². The van der Waals surface area contributed by atoms with Crippen molar-refractivity contribution >= 4 is 21.5 Å². The van der Waals surface area contributed by atoms with Gasteiger partial charge in [-0.25, -0.2) is 0 Å². The molecule has 2 heteroatoms. The molecule has 2 nitrogen and oxygen atoms in total. The van der Waals surface area contributed by atoms with Crippen molar-refractivity contribution in [1.29, 1.82) is 0 Å². The molecule has 5 aromatic rings. The van der Waals surface area contributed by atoms with E-state index in [1.807, 2.05) is 27.7 Å². The molecular weight excluding hydrogens is 404 g/mol. The van der Waals surface area contributed by atoms with Gasteiger partial charge in [0.2, 0.25) is 0 Å². The Morgan fingerprint density at radius 1 is 0.545 bits per heavy atom. The van der Waals surface area contributed by atoms with Gasteiger partial charge >= 0.3 is 0 Å². The molecule has 0 fully saturated rings. The number of rotatable bonds is 3. The smallest absolute Gasteiger partial charge is 0.121 e. The zero-order valence-corrected chi connectivity index (χ0v) is 19.5. The lowest BCUT2D eigenvalue weighted by atomic mass is 9.85. The van der Waals surface area contributed by atoms with Crippen LogP contribution >= 0.6 is 0 Å². The molecule has 33 heavy (non-hydrogen) atoms. The van der Waals surface area contributed by atoms with E-state index in [-0.39, 0.29) is 0 Å². The molecule has 0 saturated carbocycles. The van der Waals surface area contributed by atoms with E-state index in [0.29, 0.717) is 11.5 Å². The van der Waals surface area contributed by atoms with Crippen molar-refractivity contribution < 1.29 is 10.2 Å². The van der Waals surface area contributed by atoms with E-state index in [4.69, 9.17) is 0 Å². The van der Waals surface area contributed by atoms with Crippen LogP contribution in [0.2, 0.25) is 0 Å². The van der Waals surface area contributed by atoms with Gasteiger partial charge in [-0.15, -0.1) is 0 Å². The molecule has 0 radical (unpaired) electrons. The van der Waals surface area contributed by atoms with Crippen molar-refractivity contribution in [2.75, 3.05) is 0 Å². The molecule has 0 spiro atoms. The van der Waals surface area contributed by atoms with Crippen LogP contribution in [0.3, 0.4) is 0 Å². The van der Waals surface area contributed by atoms with Crippen LogP contribution in [0.5, 0.6) is 11.5 Å². The van der Waals surface area contributed by atoms with Crippen molar-refractivity contribution in [2.24, 2.45) is 0 Å². The van der Waals surface area contributed by atoms with Crippen LogP contribution in [0.15, 0.2) is 72.8 Å². The van der Waals surface area contributed by atoms with E-state index in [9.17, 15) is 10.2 Å². The molecule has 164 valence electrons. The predicted octanol–water partition coefficient (Wildman–Crippen LogP) is 7.90. The van der Waals surface area contributed by atoms with Gasteiger partial charge in [0.1, 0.15) is 11.5 Å². The van der Waals surface area contributed by atoms with Gasteiger partial charge in [0.25, 0.3) is 0 Å². The minimum absolute atomic E-state index is 0.363. The molecule has 0 aromatic heterocycles. The summed E-state index contributed by atoms with van der Waals surface area (Å²) in [4.78, 5) is 0. The van der Waals surface area contributed by atoms with Crippen LogP contribution in [0.4, 0.5) is 0 Å². The first-order valence-corrected chi connectivity index (χ1v) is 11.4. The summed E-state index contributed by atoms with van der Waals surface area (Å²) in [5.41, 5.74) is 8.40. The van der Waals surface area contributed by atoms with Gasteiger partial charge in [-0.3, -0.25) is 0 Å². The number of aryl methyl sites for hydroxylation is 4. The van der Waals surface area contributed by atoms with E-state index in [1.54, 1.807) is 0 Å². The Morgan fingerprint density at radius 3 is 1.39 bits per heavy atom. The third-order valence-corrected chi connectivity index (χ3v) is 6.75. The van der Waals surface area contributed by atoms with Crippen LogP contribution in [-0.4, -0.2) is 10.2 Å². The van der Waals surface area contributed by atoms with E-state index < -0.39 is 0 Å². The average Bonchev–Trinajstić information content (AvgIpc) is 2.80. The molecule has 0 aliphatic rings. The molecular formula is C31H28O2. The number of hydrogen-bond acceptors (Lipinski definition) is 2. The largest absolute Gasteiger partial charge is 0.507 e. The maximum absolute atomic E-state index is 10.4. The first kappa shape index (κ1) is 21.1. The maximum Gasteiger partial charge on any atom is 0.121 e. The van der Waals surface area contributed by atoms with Crippen molar-refractivity contribution in [3.05, 3.63) is 106 Å². The maximum atomic E-state index is 10.4. The first-order chi connectivity index (χ1) is 15.8. The second kappa shape index (κ2) is 7.97. The van der Waals surface area contributed by atoms with Gasteiger partial charge < -0.3 is 10.2 Å². The number of benzene rings is 5. The molecule has 0 atom stereocenters. The summed E-state index contributed by atoms with van der Waals surface area (Å²) in [6.07, 6.45) is 0.789. The number of aromatic hydroxyl groups is 2. The highest BCUT2D eigenvalue weighted by atomic mass is 16.3. The lowest BCUT2D eigenvalue weighted by molar-refractivity contribution is 0.466. The normalized spacial score (nSPS) is 11.4. The van der Waals surface area contributed by atoms with Gasteiger partial charge in [0.05, 0.1) is 0 Å². The lowest BCUT2D eigenvalue weighted by Crippen LogP contribution is -1.97. The SMILES string of the molecule is Cc1cc(Cc2c3ccccc3c(-c3cc(C)c(O)c(C)c3)c3ccccc23)cc(C)c1O. The average molecular weight is 433 g/mol. The van der Waals surface area contributed by atoms with E-state index in [2.05, 4.69) is 72.8 Å². The quantitative estimate of drug-likeness (QED) is 0.285. The summed E-state index contributed by atoms with van der Waals surface area (Å²) in [5.74, 6) is 0.740. The Kier molecular flexibility index (Phi) is 5.09. The van der Waals surface area contributed by atoms with Crippen molar-refractivity contribution in [1.82, 2.24) is 0 Å². The molecule has 0 aliphatic carbocycles. The van der Waals surface area contributed by atoms with Crippen LogP contribution in [0.1, 0.15) is 33.4 Å². The van der Waals surface area contributed by atoms with E-state index in [0.717, 1.165) is 34.2 Å². The van der Waals surface area contributed by atoms with Crippen LogP contribution in [0.25, 0.3) is 32.7 Å². The Morgan fingerprint density at radius 2 is 0.939 bits per heavy atom. The highest BCUT2D eigenvalue weighted by molar-refractivity contribution is 6.15. The Hall–Kier alpha value is -3.78. The summed E-state index contributed by atoms with van der Waals surface area (Å²) in [7, 11) is 0. The van der Waals surface area contributed by atoms with Gasteiger partial charge in [0, 0.05) is 0 Å². The van der Waals surface area contributed by atoms with Gasteiger partial charge in [0.15, 0.2) is 0 Å². The summed E-state index contributed by atoms with van der Waals surface area (Å²) in [6.45, 7) is 7.83. The summed E-state index contributed by atoms with van der Waals surface area (Å²) < 4.78 is 0. The Labute approximate surface area is 194 Å². The lowest BCUT2D eigenvalue weighted by Gasteiger charge is -2.19. The van der Waals surface area contributed by atoms with E-state index in [1.165, 1.54) is 38.2 Å². The third kappa shape index (κ3) is 3.52. The summed E-state index contributed by atoms with van der Waals surface area (Å²) in [6, 6.07) is 25.6. The molecule has 5 aromatic carbocycles. The van der Waals surface area contributed by atoms with Gasteiger partial charge in [-0.1, -0.05) is 60.7 Å². The fourth-order valence-electron chi connectivity index (χ4n) is 5.17. The topological polar surface area (TPSA) is 40.5 Å². The summed E-state index contributed by atoms with van der Waals surface area (Å²) >= 11 is 0. The minimum Gasteiger partial charge on any atom is -0.507 e. The Balaban J connectivity index is 1.84.